The molecular weight excluding hydrogens is 262 g/mol. The van der Waals surface area contributed by atoms with E-state index in [1.54, 1.807) is 14.2 Å². The van der Waals surface area contributed by atoms with E-state index in [4.69, 9.17) is 9.47 Å². The average molecular weight is 283 g/mol. The van der Waals surface area contributed by atoms with Crippen molar-refractivity contribution in [3.63, 3.8) is 0 Å². The number of nitrogens with one attached hydrogen (secondary N) is 1. The van der Waals surface area contributed by atoms with Crippen LogP contribution in [-0.4, -0.2) is 36.9 Å². The van der Waals surface area contributed by atoms with Crippen LogP contribution in [0.25, 0.3) is 0 Å². The number of methoxy groups -OCH3 is 2. The summed E-state index contributed by atoms with van der Waals surface area (Å²) in [7, 11) is 3.09. The van der Waals surface area contributed by atoms with Gasteiger partial charge < -0.3 is 19.9 Å². The normalized spacial score (nSPS) is 16.3. The fourth-order valence-electron chi connectivity index (χ4n) is 2.21. The van der Waals surface area contributed by atoms with Crippen LogP contribution in [-0.2, 0) is 6.54 Å². The fraction of sp³-hybridized carbons (Fsp3) is 0.571. The topological polar surface area (TPSA) is 50.7 Å². The Labute approximate surface area is 118 Å². The van der Waals surface area contributed by atoms with E-state index < -0.39 is 0 Å². The molecule has 2 N–H and O–H groups in total. The maximum absolute atomic E-state index is 9.86. The van der Waals surface area contributed by atoms with Crippen LogP contribution < -0.4 is 14.8 Å². The van der Waals surface area contributed by atoms with Gasteiger partial charge >= 0.3 is 0 Å². The molecule has 1 fully saturated rings. The maximum atomic E-state index is 9.86. The second kappa shape index (κ2) is 6.91. The van der Waals surface area contributed by atoms with Gasteiger partial charge in [-0.2, -0.15) is 11.8 Å². The van der Waals surface area contributed by atoms with Gasteiger partial charge in [-0.15, -0.1) is 0 Å². The molecule has 1 heterocycles. The summed E-state index contributed by atoms with van der Waals surface area (Å²) in [5.74, 6) is 3.44. The van der Waals surface area contributed by atoms with Gasteiger partial charge in [-0.3, -0.25) is 0 Å². The predicted octanol–water partition coefficient (Wildman–Crippen LogP) is 2.39. The first-order chi connectivity index (χ1) is 9.24. The number of phenols is 1. The Kier molecular flexibility index (Phi) is 5.22. The van der Waals surface area contributed by atoms with E-state index in [-0.39, 0.29) is 5.75 Å². The van der Waals surface area contributed by atoms with Crippen LogP contribution in [0.3, 0.4) is 0 Å². The molecule has 1 saturated heterocycles. The lowest BCUT2D eigenvalue weighted by molar-refractivity contribution is 0.338. The maximum Gasteiger partial charge on any atom is 0.200 e. The number of rotatable bonds is 5. The molecule has 0 spiro atoms. The first kappa shape index (κ1) is 14.3. The summed E-state index contributed by atoms with van der Waals surface area (Å²) in [5.41, 5.74) is 1.06. The number of hydrogen-bond acceptors (Lipinski definition) is 5. The first-order valence-electron chi connectivity index (χ1n) is 6.49. The number of aromatic hydroxyl groups is 1. The van der Waals surface area contributed by atoms with Crippen molar-refractivity contribution in [3.05, 3.63) is 17.7 Å². The second-order valence-corrected chi connectivity index (χ2v) is 5.84. The van der Waals surface area contributed by atoms with Gasteiger partial charge in [-0.25, -0.2) is 0 Å². The molecule has 1 aliphatic heterocycles. The fourth-order valence-corrected chi connectivity index (χ4v) is 3.32. The lowest BCUT2D eigenvalue weighted by Gasteiger charge is -2.23. The van der Waals surface area contributed by atoms with Crippen molar-refractivity contribution in [2.75, 3.05) is 25.7 Å². The lowest BCUT2D eigenvalue weighted by Crippen LogP contribution is -2.32. The van der Waals surface area contributed by atoms with E-state index in [9.17, 15) is 5.11 Å². The summed E-state index contributed by atoms with van der Waals surface area (Å²) in [6, 6.07) is 4.29. The second-order valence-electron chi connectivity index (χ2n) is 4.62. The molecule has 0 amide bonds. The van der Waals surface area contributed by atoms with Gasteiger partial charge in [0, 0.05) is 12.6 Å². The molecule has 0 atom stereocenters. The predicted molar refractivity (Wildman–Crippen MR) is 78.4 cm³/mol. The van der Waals surface area contributed by atoms with E-state index in [1.807, 2.05) is 23.9 Å². The van der Waals surface area contributed by atoms with Crippen LogP contribution >= 0.6 is 11.8 Å². The number of thioether (sulfide) groups is 1. The van der Waals surface area contributed by atoms with Crippen molar-refractivity contribution in [1.29, 1.82) is 0 Å². The summed E-state index contributed by atoms with van der Waals surface area (Å²) in [6.45, 7) is 0.766. The molecule has 0 aliphatic carbocycles. The first-order valence-corrected chi connectivity index (χ1v) is 7.65. The van der Waals surface area contributed by atoms with Crippen molar-refractivity contribution in [2.24, 2.45) is 0 Å². The van der Waals surface area contributed by atoms with Gasteiger partial charge in [-0.05, 0) is 42.0 Å². The highest BCUT2D eigenvalue weighted by Gasteiger charge is 2.15. The summed E-state index contributed by atoms with van der Waals surface area (Å²) >= 11 is 2.02. The molecule has 19 heavy (non-hydrogen) atoms. The minimum atomic E-state index is 0.0582. The van der Waals surface area contributed by atoms with Crippen LogP contribution in [0.4, 0.5) is 0 Å². The number of benzene rings is 1. The van der Waals surface area contributed by atoms with Gasteiger partial charge in [0.2, 0.25) is 5.75 Å². The minimum Gasteiger partial charge on any atom is -0.502 e. The van der Waals surface area contributed by atoms with E-state index in [1.165, 1.54) is 24.3 Å². The lowest BCUT2D eigenvalue weighted by atomic mass is 10.1. The monoisotopic (exact) mass is 283 g/mol. The quantitative estimate of drug-likeness (QED) is 0.869. The van der Waals surface area contributed by atoms with Crippen molar-refractivity contribution in [2.45, 2.75) is 25.4 Å². The average Bonchev–Trinajstić information content (AvgIpc) is 2.47. The molecule has 4 nitrogen and oxygen atoms in total. The van der Waals surface area contributed by atoms with Crippen LogP contribution in [0.5, 0.6) is 17.2 Å². The highest BCUT2D eigenvalue weighted by atomic mass is 32.2. The zero-order valence-electron chi connectivity index (χ0n) is 11.4. The molecule has 0 aromatic heterocycles. The molecular formula is C14H21NO3S. The SMILES string of the molecule is COc1cc(CNC2CCSCC2)cc(OC)c1O. The van der Waals surface area contributed by atoms with Crippen molar-refractivity contribution in [3.8, 4) is 17.2 Å². The number of hydrogen-bond donors (Lipinski definition) is 2. The van der Waals surface area contributed by atoms with Crippen molar-refractivity contribution >= 4 is 11.8 Å². The molecule has 106 valence electrons. The summed E-state index contributed by atoms with van der Waals surface area (Å²) < 4.78 is 10.3. The highest BCUT2D eigenvalue weighted by Crippen LogP contribution is 2.37. The molecule has 0 unspecified atom stereocenters. The third-order valence-electron chi connectivity index (χ3n) is 3.36. The molecule has 0 saturated carbocycles. The van der Waals surface area contributed by atoms with E-state index in [0.29, 0.717) is 17.5 Å². The van der Waals surface area contributed by atoms with Gasteiger partial charge in [0.1, 0.15) is 0 Å². The van der Waals surface area contributed by atoms with Crippen molar-refractivity contribution in [1.82, 2.24) is 5.32 Å². The molecule has 0 radical (unpaired) electrons. The van der Waals surface area contributed by atoms with Gasteiger partial charge in [0.05, 0.1) is 14.2 Å². The van der Waals surface area contributed by atoms with Gasteiger partial charge in [0.15, 0.2) is 11.5 Å². The van der Waals surface area contributed by atoms with E-state index >= 15 is 0 Å². The zero-order chi connectivity index (χ0) is 13.7. The minimum absolute atomic E-state index is 0.0582. The molecule has 0 bridgehead atoms. The molecule has 1 aromatic carbocycles. The summed E-state index contributed by atoms with van der Waals surface area (Å²) in [5, 5.41) is 13.4. The van der Waals surface area contributed by atoms with E-state index in [0.717, 1.165) is 12.1 Å². The standard InChI is InChI=1S/C14H21NO3S/c1-17-12-7-10(8-13(18-2)14(12)16)9-15-11-3-5-19-6-4-11/h7-8,11,15-16H,3-6,9H2,1-2H3. The zero-order valence-corrected chi connectivity index (χ0v) is 12.3. The van der Waals surface area contributed by atoms with Crippen LogP contribution in [0.1, 0.15) is 18.4 Å². The molecule has 1 aromatic rings. The Morgan fingerprint density at radius 1 is 1.21 bits per heavy atom. The smallest absolute Gasteiger partial charge is 0.200 e. The third-order valence-corrected chi connectivity index (χ3v) is 4.40. The van der Waals surface area contributed by atoms with Gasteiger partial charge in [0.25, 0.3) is 0 Å². The molecule has 1 aliphatic rings. The molecule has 2 rings (SSSR count). The van der Waals surface area contributed by atoms with Crippen LogP contribution in [0.15, 0.2) is 12.1 Å². The summed E-state index contributed by atoms with van der Waals surface area (Å²) in [4.78, 5) is 0. The molecule has 5 heteroatoms. The van der Waals surface area contributed by atoms with Crippen molar-refractivity contribution < 1.29 is 14.6 Å². The summed E-state index contributed by atoms with van der Waals surface area (Å²) in [6.07, 6.45) is 2.44. The Hall–Kier alpha value is -1.07. The van der Waals surface area contributed by atoms with Crippen LogP contribution in [0, 0.1) is 0 Å². The highest BCUT2D eigenvalue weighted by molar-refractivity contribution is 7.99. The number of phenolic OH excluding ortho intramolecular Hbond substituents is 1. The third kappa shape index (κ3) is 3.70. The number of ether oxygens (including phenoxy) is 2. The van der Waals surface area contributed by atoms with E-state index in [2.05, 4.69) is 5.32 Å². The largest absolute Gasteiger partial charge is 0.502 e. The van der Waals surface area contributed by atoms with Gasteiger partial charge in [-0.1, -0.05) is 0 Å². The Balaban J connectivity index is 2.02. The van der Waals surface area contributed by atoms with Crippen LogP contribution in [0.2, 0.25) is 0 Å². The Bertz CT molecular complexity index is 394. The Morgan fingerprint density at radius 3 is 2.32 bits per heavy atom. The Morgan fingerprint density at radius 2 is 1.79 bits per heavy atom.